The highest BCUT2D eigenvalue weighted by Gasteiger charge is 2.24. The highest BCUT2D eigenvalue weighted by Crippen LogP contribution is 2.28. The lowest BCUT2D eigenvalue weighted by molar-refractivity contribution is 0.175. The van der Waals surface area contributed by atoms with E-state index in [0.717, 1.165) is 18.0 Å². The Morgan fingerprint density at radius 3 is 2.10 bits per heavy atom. The van der Waals surface area contributed by atoms with Gasteiger partial charge in [-0.3, -0.25) is 0 Å². The molecule has 1 saturated carbocycles. The average Bonchev–Trinajstić information content (AvgIpc) is 2.49. The quantitative estimate of drug-likeness (QED) is 0.752. The number of nitrogens with one attached hydrogen (secondary N) is 1. The van der Waals surface area contributed by atoms with Crippen molar-refractivity contribution < 1.29 is 0 Å². The average molecular weight is 280 g/mol. The van der Waals surface area contributed by atoms with Gasteiger partial charge in [0, 0.05) is 12.1 Å². The van der Waals surface area contributed by atoms with E-state index < -0.39 is 0 Å². The Labute approximate surface area is 126 Å². The molecule has 0 atom stereocenters. The summed E-state index contributed by atoms with van der Waals surface area (Å²) < 4.78 is 0. The molecule has 0 aromatic heterocycles. The molecule has 20 heavy (non-hydrogen) atoms. The first-order valence-corrected chi connectivity index (χ1v) is 9.30. The fourth-order valence-corrected chi connectivity index (χ4v) is 4.06. The maximum Gasteiger partial charge on any atom is 0.00940 e. The summed E-state index contributed by atoms with van der Waals surface area (Å²) in [6, 6.07) is 1.64. The zero-order chi connectivity index (χ0) is 14.2. The van der Waals surface area contributed by atoms with Crippen LogP contribution in [-0.4, -0.2) is 36.6 Å². The van der Waals surface area contributed by atoms with Crippen LogP contribution in [0.1, 0.15) is 78.1 Å². The Morgan fingerprint density at radius 1 is 0.850 bits per heavy atom. The molecule has 1 aliphatic carbocycles. The Balaban J connectivity index is 1.59. The van der Waals surface area contributed by atoms with E-state index in [1.165, 1.54) is 83.8 Å². The number of hydrogen-bond donors (Lipinski definition) is 1. The van der Waals surface area contributed by atoms with Crippen LogP contribution in [0, 0.1) is 5.92 Å². The summed E-state index contributed by atoms with van der Waals surface area (Å²) in [6.45, 7) is 8.59. The topological polar surface area (TPSA) is 15.3 Å². The van der Waals surface area contributed by atoms with Crippen LogP contribution in [0.25, 0.3) is 0 Å². The van der Waals surface area contributed by atoms with Crippen LogP contribution < -0.4 is 5.32 Å². The zero-order valence-electron chi connectivity index (χ0n) is 13.9. The smallest absolute Gasteiger partial charge is 0.00940 e. The molecule has 2 fully saturated rings. The second kappa shape index (κ2) is 9.04. The van der Waals surface area contributed by atoms with Crippen LogP contribution in [0.4, 0.5) is 0 Å². The van der Waals surface area contributed by atoms with Gasteiger partial charge in [-0.2, -0.15) is 0 Å². The number of unbranched alkanes of at least 4 members (excludes halogenated alkanes) is 1. The van der Waals surface area contributed by atoms with E-state index in [-0.39, 0.29) is 0 Å². The van der Waals surface area contributed by atoms with Crippen molar-refractivity contribution in [3.05, 3.63) is 0 Å². The molecular formula is C18H36N2. The first-order valence-electron chi connectivity index (χ1n) is 9.30. The number of nitrogens with zero attached hydrogens (tertiary/aromatic N) is 1. The molecule has 2 rings (SSSR count). The fourth-order valence-electron chi connectivity index (χ4n) is 4.06. The van der Waals surface area contributed by atoms with Crippen molar-refractivity contribution in [2.75, 3.05) is 19.6 Å². The van der Waals surface area contributed by atoms with Gasteiger partial charge in [0.05, 0.1) is 0 Å². The molecule has 0 radical (unpaired) electrons. The molecule has 0 unspecified atom stereocenters. The number of piperidine rings is 1. The van der Waals surface area contributed by atoms with Crippen LogP contribution in [0.3, 0.4) is 0 Å². The maximum atomic E-state index is 3.97. The molecule has 2 aliphatic rings. The summed E-state index contributed by atoms with van der Waals surface area (Å²) in [5.74, 6) is 1.04. The molecule has 118 valence electrons. The normalized spacial score (nSPS) is 29.7. The molecule has 2 nitrogen and oxygen atoms in total. The number of likely N-dealkylation sites (tertiary alicyclic amines) is 1. The standard InChI is InChI=1S/C18H36N2/c1-3-5-13-20-14-11-18(12-15-20)19-17-9-7-16(6-4-2)8-10-17/h16-19H,3-15H2,1-2H3. The number of rotatable bonds is 7. The summed E-state index contributed by atoms with van der Waals surface area (Å²) >= 11 is 0. The molecule has 0 amide bonds. The van der Waals surface area contributed by atoms with Crippen molar-refractivity contribution in [2.45, 2.75) is 90.1 Å². The molecule has 0 aromatic carbocycles. The van der Waals surface area contributed by atoms with Gasteiger partial charge < -0.3 is 10.2 Å². The minimum absolute atomic E-state index is 0.806. The van der Waals surface area contributed by atoms with Crippen molar-refractivity contribution in [2.24, 2.45) is 5.92 Å². The van der Waals surface area contributed by atoms with E-state index in [1.807, 2.05) is 0 Å². The van der Waals surface area contributed by atoms with E-state index in [9.17, 15) is 0 Å². The predicted molar refractivity (Wildman–Crippen MR) is 88.2 cm³/mol. The minimum atomic E-state index is 0.806. The monoisotopic (exact) mass is 280 g/mol. The second-order valence-electron chi connectivity index (χ2n) is 7.14. The Kier molecular flexibility index (Phi) is 7.37. The van der Waals surface area contributed by atoms with Crippen LogP contribution in [0.5, 0.6) is 0 Å². The van der Waals surface area contributed by atoms with Gasteiger partial charge in [-0.15, -0.1) is 0 Å². The summed E-state index contributed by atoms with van der Waals surface area (Å²) in [5, 5.41) is 3.97. The fraction of sp³-hybridized carbons (Fsp3) is 1.00. The second-order valence-corrected chi connectivity index (χ2v) is 7.14. The van der Waals surface area contributed by atoms with Crippen LogP contribution in [0.15, 0.2) is 0 Å². The van der Waals surface area contributed by atoms with Gasteiger partial charge in [0.25, 0.3) is 0 Å². The minimum Gasteiger partial charge on any atom is -0.311 e. The van der Waals surface area contributed by atoms with Gasteiger partial charge in [-0.1, -0.05) is 33.1 Å². The van der Waals surface area contributed by atoms with Gasteiger partial charge in [0.15, 0.2) is 0 Å². The van der Waals surface area contributed by atoms with Crippen molar-refractivity contribution in [1.29, 1.82) is 0 Å². The first kappa shape index (κ1) is 16.3. The van der Waals surface area contributed by atoms with Gasteiger partial charge in [0.2, 0.25) is 0 Å². The van der Waals surface area contributed by atoms with Crippen molar-refractivity contribution in [1.82, 2.24) is 10.2 Å². The number of hydrogen-bond acceptors (Lipinski definition) is 2. The highest BCUT2D eigenvalue weighted by molar-refractivity contribution is 4.83. The molecule has 2 heteroatoms. The summed E-state index contributed by atoms with van der Waals surface area (Å²) in [5.41, 5.74) is 0. The highest BCUT2D eigenvalue weighted by atomic mass is 15.1. The largest absolute Gasteiger partial charge is 0.311 e. The molecular weight excluding hydrogens is 244 g/mol. The van der Waals surface area contributed by atoms with E-state index in [4.69, 9.17) is 0 Å². The van der Waals surface area contributed by atoms with Crippen LogP contribution in [-0.2, 0) is 0 Å². The summed E-state index contributed by atoms with van der Waals surface area (Å²) in [6.07, 6.45) is 14.1. The van der Waals surface area contributed by atoms with Gasteiger partial charge in [0.1, 0.15) is 0 Å². The Bertz CT molecular complexity index is 238. The zero-order valence-corrected chi connectivity index (χ0v) is 13.9. The Morgan fingerprint density at radius 2 is 1.50 bits per heavy atom. The van der Waals surface area contributed by atoms with Gasteiger partial charge >= 0.3 is 0 Å². The van der Waals surface area contributed by atoms with Crippen molar-refractivity contribution >= 4 is 0 Å². The van der Waals surface area contributed by atoms with Gasteiger partial charge in [-0.05, 0) is 70.5 Å². The van der Waals surface area contributed by atoms with E-state index in [1.54, 1.807) is 0 Å². The van der Waals surface area contributed by atoms with E-state index >= 15 is 0 Å². The third-order valence-corrected chi connectivity index (χ3v) is 5.43. The summed E-state index contributed by atoms with van der Waals surface area (Å²) in [4.78, 5) is 2.67. The van der Waals surface area contributed by atoms with Crippen LogP contribution >= 0.6 is 0 Å². The predicted octanol–water partition coefficient (Wildman–Crippen LogP) is 4.20. The molecule has 0 bridgehead atoms. The molecule has 1 saturated heterocycles. The van der Waals surface area contributed by atoms with E-state index in [0.29, 0.717) is 0 Å². The van der Waals surface area contributed by atoms with E-state index in [2.05, 4.69) is 24.1 Å². The summed E-state index contributed by atoms with van der Waals surface area (Å²) in [7, 11) is 0. The van der Waals surface area contributed by atoms with Crippen molar-refractivity contribution in [3.63, 3.8) is 0 Å². The molecule has 0 spiro atoms. The third-order valence-electron chi connectivity index (χ3n) is 5.43. The van der Waals surface area contributed by atoms with Gasteiger partial charge in [-0.25, -0.2) is 0 Å². The molecule has 1 aliphatic heterocycles. The maximum absolute atomic E-state index is 3.97. The van der Waals surface area contributed by atoms with Crippen molar-refractivity contribution in [3.8, 4) is 0 Å². The molecule has 1 N–H and O–H groups in total. The third kappa shape index (κ3) is 5.37. The lowest BCUT2D eigenvalue weighted by atomic mass is 9.83. The molecule has 0 aromatic rings. The SMILES string of the molecule is CCCCN1CCC(NC2CCC(CCC)CC2)CC1. The lowest BCUT2D eigenvalue weighted by Gasteiger charge is -2.36. The lowest BCUT2D eigenvalue weighted by Crippen LogP contribution is -2.47. The van der Waals surface area contributed by atoms with Crippen LogP contribution in [0.2, 0.25) is 0 Å². The molecule has 1 heterocycles. The first-order chi connectivity index (χ1) is 9.81. The Hall–Kier alpha value is -0.0800.